The molecule has 0 bridgehead atoms. The van der Waals surface area contributed by atoms with Gasteiger partial charge >= 0.3 is 0 Å². The second-order valence-corrected chi connectivity index (χ2v) is 3.57. The predicted molar refractivity (Wildman–Crippen MR) is 55.2 cm³/mol. The number of nitrogens with two attached hydrogens (primary N) is 1. The van der Waals surface area contributed by atoms with Crippen LogP contribution in [0.1, 0.15) is 17.0 Å². The molecule has 0 fully saturated rings. The molecule has 1 atom stereocenters. The number of ether oxygens (including phenoxy) is 2. The van der Waals surface area contributed by atoms with Crippen LogP contribution in [0.4, 0.5) is 0 Å². The highest BCUT2D eigenvalue weighted by atomic mass is 16.5. The summed E-state index contributed by atoms with van der Waals surface area (Å²) in [4.78, 5) is 11.0. The Morgan fingerprint density at radius 3 is 2.47 bits per heavy atom. The number of benzene rings is 1. The first-order valence-electron chi connectivity index (χ1n) is 4.71. The van der Waals surface area contributed by atoms with Crippen molar-refractivity contribution in [3.05, 3.63) is 23.3 Å². The number of fused-ring (bicyclic) bond motifs is 1. The molecule has 0 radical (unpaired) electrons. The van der Waals surface area contributed by atoms with Crippen molar-refractivity contribution >= 4 is 5.91 Å². The fraction of sp³-hybridized carbons (Fsp3) is 0.364. The number of hydrogen-bond acceptors (Lipinski definition) is 3. The molecule has 2 N–H and O–H groups in total. The van der Waals surface area contributed by atoms with Crippen LogP contribution in [0.5, 0.6) is 11.5 Å². The van der Waals surface area contributed by atoms with Crippen molar-refractivity contribution in [1.82, 2.24) is 0 Å². The average Bonchev–Trinajstić information content (AvgIpc) is 2.19. The number of methoxy groups -OCH3 is 2. The second kappa shape index (κ2) is 3.46. The first-order chi connectivity index (χ1) is 7.17. The standard InChI is InChI=1S/C11H13NO3/c1-14-9-4-6-3-8(11(12)13)7(6)5-10(9)15-2/h4-5,8H,3H2,1-2H3,(H2,12,13). The minimum atomic E-state index is -0.283. The van der Waals surface area contributed by atoms with Crippen molar-refractivity contribution in [1.29, 1.82) is 0 Å². The summed E-state index contributed by atoms with van der Waals surface area (Å²) in [6.45, 7) is 0. The summed E-state index contributed by atoms with van der Waals surface area (Å²) in [7, 11) is 3.16. The number of hydrogen-bond donors (Lipinski definition) is 1. The Labute approximate surface area is 88.0 Å². The predicted octanol–water partition coefficient (Wildman–Crippen LogP) is 0.829. The van der Waals surface area contributed by atoms with Gasteiger partial charge in [0.05, 0.1) is 20.1 Å². The van der Waals surface area contributed by atoms with Gasteiger partial charge in [0.2, 0.25) is 5.91 Å². The molecule has 80 valence electrons. The molecule has 15 heavy (non-hydrogen) atoms. The minimum absolute atomic E-state index is 0.167. The molecule has 4 heteroatoms. The molecule has 0 spiro atoms. The van der Waals surface area contributed by atoms with Gasteiger partial charge in [0.1, 0.15) is 0 Å². The van der Waals surface area contributed by atoms with E-state index in [4.69, 9.17) is 15.2 Å². The third-order valence-corrected chi connectivity index (χ3v) is 2.79. The highest BCUT2D eigenvalue weighted by Gasteiger charge is 2.32. The summed E-state index contributed by atoms with van der Waals surface area (Å²) in [6.07, 6.45) is 0.699. The summed E-state index contributed by atoms with van der Waals surface area (Å²) in [5.41, 5.74) is 7.33. The molecular formula is C11H13NO3. The molecule has 1 amide bonds. The maximum absolute atomic E-state index is 11.0. The topological polar surface area (TPSA) is 61.6 Å². The number of primary amides is 1. The van der Waals surface area contributed by atoms with Gasteiger partial charge in [0.15, 0.2) is 11.5 Å². The Morgan fingerprint density at radius 1 is 1.33 bits per heavy atom. The van der Waals surface area contributed by atoms with Crippen molar-refractivity contribution in [2.75, 3.05) is 14.2 Å². The van der Waals surface area contributed by atoms with Crippen LogP contribution in [-0.4, -0.2) is 20.1 Å². The highest BCUT2D eigenvalue weighted by Crippen LogP contribution is 2.41. The second-order valence-electron chi connectivity index (χ2n) is 3.57. The molecule has 0 saturated heterocycles. The monoisotopic (exact) mass is 207 g/mol. The lowest BCUT2D eigenvalue weighted by atomic mass is 9.77. The summed E-state index contributed by atoms with van der Waals surface area (Å²) in [5, 5.41) is 0. The van der Waals surface area contributed by atoms with Crippen LogP contribution in [0, 0.1) is 0 Å². The van der Waals surface area contributed by atoms with Crippen molar-refractivity contribution in [2.24, 2.45) is 5.73 Å². The van der Waals surface area contributed by atoms with E-state index in [9.17, 15) is 4.79 Å². The Hall–Kier alpha value is -1.71. The van der Waals surface area contributed by atoms with Gasteiger partial charge < -0.3 is 15.2 Å². The van der Waals surface area contributed by atoms with Crippen LogP contribution in [-0.2, 0) is 11.2 Å². The number of carbonyl (C=O) groups is 1. The molecule has 4 nitrogen and oxygen atoms in total. The fourth-order valence-electron chi connectivity index (χ4n) is 1.89. The summed E-state index contributed by atoms with van der Waals surface area (Å²) >= 11 is 0. The lowest BCUT2D eigenvalue weighted by Gasteiger charge is -2.28. The molecule has 1 aromatic carbocycles. The Morgan fingerprint density at radius 2 is 1.93 bits per heavy atom. The lowest BCUT2D eigenvalue weighted by molar-refractivity contribution is -0.119. The summed E-state index contributed by atoms with van der Waals surface area (Å²) < 4.78 is 10.3. The van der Waals surface area contributed by atoms with E-state index in [0.717, 1.165) is 11.1 Å². The third-order valence-electron chi connectivity index (χ3n) is 2.79. The number of amides is 1. The molecule has 0 aromatic heterocycles. The van der Waals surface area contributed by atoms with Crippen LogP contribution in [0.15, 0.2) is 12.1 Å². The molecule has 1 aliphatic carbocycles. The quantitative estimate of drug-likeness (QED) is 0.798. The lowest BCUT2D eigenvalue weighted by Crippen LogP contribution is -2.30. The zero-order valence-corrected chi connectivity index (χ0v) is 8.74. The normalized spacial score (nSPS) is 17.6. The van der Waals surface area contributed by atoms with Crippen LogP contribution >= 0.6 is 0 Å². The van der Waals surface area contributed by atoms with Crippen molar-refractivity contribution in [3.8, 4) is 11.5 Å². The zero-order chi connectivity index (χ0) is 11.0. The molecular weight excluding hydrogens is 194 g/mol. The highest BCUT2D eigenvalue weighted by molar-refractivity contribution is 5.85. The SMILES string of the molecule is COc1cc2c(cc1OC)C(C(N)=O)C2. The van der Waals surface area contributed by atoms with Crippen LogP contribution in [0.2, 0.25) is 0 Å². The number of rotatable bonds is 3. The Kier molecular flexibility index (Phi) is 2.26. The van der Waals surface area contributed by atoms with E-state index in [-0.39, 0.29) is 11.8 Å². The number of carbonyl (C=O) groups excluding carboxylic acids is 1. The van der Waals surface area contributed by atoms with Crippen LogP contribution in [0.3, 0.4) is 0 Å². The molecule has 1 aromatic rings. The van der Waals surface area contributed by atoms with E-state index >= 15 is 0 Å². The Balaban J connectivity index is 2.41. The van der Waals surface area contributed by atoms with E-state index in [1.54, 1.807) is 14.2 Å². The maximum atomic E-state index is 11.0. The summed E-state index contributed by atoms with van der Waals surface area (Å²) in [5.74, 6) is 0.885. The average molecular weight is 207 g/mol. The van der Waals surface area contributed by atoms with Gasteiger partial charge in [-0.05, 0) is 29.7 Å². The summed E-state index contributed by atoms with van der Waals surface area (Å²) in [6, 6.07) is 3.72. The minimum Gasteiger partial charge on any atom is -0.493 e. The van der Waals surface area contributed by atoms with Gasteiger partial charge in [-0.1, -0.05) is 0 Å². The maximum Gasteiger partial charge on any atom is 0.225 e. The van der Waals surface area contributed by atoms with Crippen molar-refractivity contribution < 1.29 is 14.3 Å². The van der Waals surface area contributed by atoms with E-state index in [2.05, 4.69) is 0 Å². The Bertz CT molecular complexity index is 415. The van der Waals surface area contributed by atoms with Crippen molar-refractivity contribution in [3.63, 3.8) is 0 Å². The van der Waals surface area contributed by atoms with Crippen molar-refractivity contribution in [2.45, 2.75) is 12.3 Å². The van der Waals surface area contributed by atoms with E-state index in [1.807, 2.05) is 12.1 Å². The fourth-order valence-corrected chi connectivity index (χ4v) is 1.89. The van der Waals surface area contributed by atoms with E-state index in [0.29, 0.717) is 17.9 Å². The van der Waals surface area contributed by atoms with Gasteiger partial charge in [-0.25, -0.2) is 0 Å². The first kappa shape index (κ1) is 9.83. The van der Waals surface area contributed by atoms with E-state index in [1.165, 1.54) is 0 Å². The third kappa shape index (κ3) is 1.42. The molecule has 1 unspecified atom stereocenters. The van der Waals surface area contributed by atoms with Gasteiger partial charge in [-0.15, -0.1) is 0 Å². The molecule has 0 saturated carbocycles. The van der Waals surface area contributed by atoms with Gasteiger partial charge in [-0.2, -0.15) is 0 Å². The first-order valence-corrected chi connectivity index (χ1v) is 4.71. The molecule has 0 heterocycles. The zero-order valence-electron chi connectivity index (χ0n) is 8.74. The molecule has 0 aliphatic heterocycles. The van der Waals surface area contributed by atoms with Crippen LogP contribution < -0.4 is 15.2 Å². The molecule has 1 aliphatic rings. The molecule has 2 rings (SSSR count). The van der Waals surface area contributed by atoms with Gasteiger partial charge in [0.25, 0.3) is 0 Å². The van der Waals surface area contributed by atoms with Gasteiger partial charge in [-0.3, -0.25) is 4.79 Å². The smallest absolute Gasteiger partial charge is 0.225 e. The van der Waals surface area contributed by atoms with Gasteiger partial charge in [0, 0.05) is 0 Å². The van der Waals surface area contributed by atoms with Crippen LogP contribution in [0.25, 0.3) is 0 Å². The van der Waals surface area contributed by atoms with E-state index < -0.39 is 0 Å². The largest absolute Gasteiger partial charge is 0.493 e.